The van der Waals surface area contributed by atoms with Crippen LogP contribution in [0.2, 0.25) is 0 Å². The van der Waals surface area contributed by atoms with Gasteiger partial charge in [-0.15, -0.1) is 0 Å². The molecule has 0 bridgehead atoms. The molecule has 0 saturated carbocycles. The van der Waals surface area contributed by atoms with Gasteiger partial charge >= 0.3 is 0 Å². The molecule has 0 aliphatic heterocycles. The minimum Gasteiger partial charge on any atom is -0.493 e. The third-order valence-corrected chi connectivity index (χ3v) is 3.60. The third kappa shape index (κ3) is 4.85. The SMILES string of the molecule is CCC(CC)C(=O)Nc1cc(OC)c(OC)cc1NC(=O)CN. The second-order valence-corrected chi connectivity index (χ2v) is 5.01. The zero-order valence-corrected chi connectivity index (χ0v) is 14.1. The van der Waals surface area contributed by atoms with E-state index in [4.69, 9.17) is 15.2 Å². The summed E-state index contributed by atoms with van der Waals surface area (Å²) in [6.45, 7) is 3.76. The van der Waals surface area contributed by atoms with Crippen LogP contribution in [0.4, 0.5) is 11.4 Å². The lowest BCUT2D eigenvalue weighted by atomic mass is 10.0. The van der Waals surface area contributed by atoms with Crippen molar-refractivity contribution in [2.24, 2.45) is 11.7 Å². The third-order valence-electron chi connectivity index (χ3n) is 3.60. The molecule has 0 heterocycles. The second kappa shape index (κ2) is 8.99. The molecule has 0 aliphatic rings. The molecular formula is C16H25N3O4. The van der Waals surface area contributed by atoms with E-state index in [1.165, 1.54) is 14.2 Å². The summed E-state index contributed by atoms with van der Waals surface area (Å²) in [5.74, 6) is 0.334. The number of benzene rings is 1. The van der Waals surface area contributed by atoms with E-state index < -0.39 is 0 Å². The van der Waals surface area contributed by atoms with E-state index in [9.17, 15) is 9.59 Å². The molecule has 7 heteroatoms. The summed E-state index contributed by atoms with van der Waals surface area (Å²) in [6, 6.07) is 3.21. The van der Waals surface area contributed by atoms with Crippen molar-refractivity contribution in [3.63, 3.8) is 0 Å². The van der Waals surface area contributed by atoms with Gasteiger partial charge in [0.25, 0.3) is 0 Å². The Kier molecular flexibility index (Phi) is 7.34. The maximum atomic E-state index is 12.3. The van der Waals surface area contributed by atoms with Gasteiger partial charge in [0.15, 0.2) is 11.5 Å². The lowest BCUT2D eigenvalue weighted by molar-refractivity contribution is -0.120. The smallest absolute Gasteiger partial charge is 0.238 e. The molecule has 0 radical (unpaired) electrons. The molecule has 1 rings (SSSR count). The van der Waals surface area contributed by atoms with Gasteiger partial charge in [-0.3, -0.25) is 9.59 Å². The highest BCUT2D eigenvalue weighted by atomic mass is 16.5. The highest BCUT2D eigenvalue weighted by Gasteiger charge is 2.18. The molecule has 0 aromatic heterocycles. The molecule has 7 nitrogen and oxygen atoms in total. The van der Waals surface area contributed by atoms with Gasteiger partial charge in [-0.1, -0.05) is 13.8 Å². The van der Waals surface area contributed by atoms with Gasteiger partial charge in [-0.2, -0.15) is 0 Å². The average molecular weight is 323 g/mol. The molecule has 2 amide bonds. The quantitative estimate of drug-likeness (QED) is 0.679. The summed E-state index contributed by atoms with van der Waals surface area (Å²) in [7, 11) is 3.00. The van der Waals surface area contributed by atoms with E-state index in [0.717, 1.165) is 12.8 Å². The van der Waals surface area contributed by atoms with Crippen LogP contribution in [0.25, 0.3) is 0 Å². The van der Waals surface area contributed by atoms with Crippen LogP contribution in [0.15, 0.2) is 12.1 Å². The zero-order chi connectivity index (χ0) is 17.4. The Hall–Kier alpha value is -2.28. The minimum absolute atomic E-state index is 0.0962. The molecule has 4 N–H and O–H groups in total. The topological polar surface area (TPSA) is 103 Å². The number of nitrogens with two attached hydrogens (primary N) is 1. The number of rotatable bonds is 8. The van der Waals surface area contributed by atoms with E-state index in [2.05, 4.69) is 10.6 Å². The molecule has 0 spiro atoms. The summed E-state index contributed by atoms with van der Waals surface area (Å²) in [4.78, 5) is 23.9. The Bertz CT molecular complexity index is 557. The highest BCUT2D eigenvalue weighted by molar-refractivity contribution is 6.01. The Morgan fingerprint density at radius 3 is 1.91 bits per heavy atom. The van der Waals surface area contributed by atoms with Crippen LogP contribution < -0.4 is 25.8 Å². The van der Waals surface area contributed by atoms with Gasteiger partial charge in [0.1, 0.15) is 0 Å². The van der Waals surface area contributed by atoms with Crippen molar-refractivity contribution in [2.75, 3.05) is 31.4 Å². The molecule has 1 aromatic rings. The van der Waals surface area contributed by atoms with E-state index in [0.29, 0.717) is 22.9 Å². The Balaban J connectivity index is 3.20. The van der Waals surface area contributed by atoms with Gasteiger partial charge in [0, 0.05) is 18.1 Å². The lowest BCUT2D eigenvalue weighted by Gasteiger charge is -2.18. The number of amides is 2. The molecule has 23 heavy (non-hydrogen) atoms. The van der Waals surface area contributed by atoms with Crippen molar-refractivity contribution >= 4 is 23.2 Å². The van der Waals surface area contributed by atoms with Gasteiger partial charge in [-0.05, 0) is 12.8 Å². The van der Waals surface area contributed by atoms with E-state index in [-0.39, 0.29) is 24.3 Å². The zero-order valence-electron chi connectivity index (χ0n) is 14.1. The van der Waals surface area contributed by atoms with Crippen LogP contribution in [0.1, 0.15) is 26.7 Å². The highest BCUT2D eigenvalue weighted by Crippen LogP contribution is 2.36. The normalized spacial score (nSPS) is 10.3. The van der Waals surface area contributed by atoms with Crippen LogP contribution in [0, 0.1) is 5.92 Å². The maximum absolute atomic E-state index is 12.3. The first-order valence-corrected chi connectivity index (χ1v) is 7.57. The number of hydrogen-bond acceptors (Lipinski definition) is 5. The number of carbonyl (C=O) groups excluding carboxylic acids is 2. The fraction of sp³-hybridized carbons (Fsp3) is 0.500. The largest absolute Gasteiger partial charge is 0.493 e. The fourth-order valence-corrected chi connectivity index (χ4v) is 2.18. The summed E-state index contributed by atoms with van der Waals surface area (Å²) >= 11 is 0. The number of methoxy groups -OCH3 is 2. The predicted octanol–water partition coefficient (Wildman–Crippen LogP) is 1.98. The van der Waals surface area contributed by atoms with Crippen LogP contribution in [0.3, 0.4) is 0 Å². The Morgan fingerprint density at radius 2 is 1.52 bits per heavy atom. The van der Waals surface area contributed by atoms with Gasteiger partial charge in [0.05, 0.1) is 32.1 Å². The summed E-state index contributed by atoms with van der Waals surface area (Å²) in [5.41, 5.74) is 6.19. The van der Waals surface area contributed by atoms with Crippen LogP contribution in [-0.4, -0.2) is 32.6 Å². The van der Waals surface area contributed by atoms with Crippen molar-refractivity contribution in [3.05, 3.63) is 12.1 Å². The van der Waals surface area contributed by atoms with Crippen molar-refractivity contribution < 1.29 is 19.1 Å². The predicted molar refractivity (Wildman–Crippen MR) is 89.9 cm³/mol. The van der Waals surface area contributed by atoms with Crippen LogP contribution >= 0.6 is 0 Å². The maximum Gasteiger partial charge on any atom is 0.238 e. The first-order valence-electron chi connectivity index (χ1n) is 7.57. The van der Waals surface area contributed by atoms with Gasteiger partial charge in [0.2, 0.25) is 11.8 Å². The van der Waals surface area contributed by atoms with E-state index in [1.807, 2.05) is 13.8 Å². The molecule has 0 saturated heterocycles. The van der Waals surface area contributed by atoms with Crippen molar-refractivity contribution in [1.29, 1.82) is 0 Å². The fourth-order valence-electron chi connectivity index (χ4n) is 2.18. The lowest BCUT2D eigenvalue weighted by Crippen LogP contribution is -2.25. The molecule has 1 aromatic carbocycles. The van der Waals surface area contributed by atoms with Crippen molar-refractivity contribution in [3.8, 4) is 11.5 Å². The van der Waals surface area contributed by atoms with Crippen LogP contribution in [0.5, 0.6) is 11.5 Å². The van der Waals surface area contributed by atoms with Crippen molar-refractivity contribution in [2.45, 2.75) is 26.7 Å². The Morgan fingerprint density at radius 1 is 1.04 bits per heavy atom. The van der Waals surface area contributed by atoms with E-state index in [1.54, 1.807) is 12.1 Å². The second-order valence-electron chi connectivity index (χ2n) is 5.01. The summed E-state index contributed by atoms with van der Waals surface area (Å²) < 4.78 is 10.5. The summed E-state index contributed by atoms with van der Waals surface area (Å²) in [6.07, 6.45) is 1.47. The summed E-state index contributed by atoms with van der Waals surface area (Å²) in [5, 5.41) is 5.49. The first-order chi connectivity index (χ1) is 11.0. The van der Waals surface area contributed by atoms with E-state index >= 15 is 0 Å². The number of ether oxygens (including phenoxy) is 2. The number of carbonyl (C=O) groups is 2. The molecule has 0 aliphatic carbocycles. The number of hydrogen-bond donors (Lipinski definition) is 3. The number of anilines is 2. The molecular weight excluding hydrogens is 298 g/mol. The molecule has 0 atom stereocenters. The van der Waals surface area contributed by atoms with Crippen molar-refractivity contribution in [1.82, 2.24) is 0 Å². The Labute approximate surface area is 136 Å². The van der Waals surface area contributed by atoms with Crippen LogP contribution in [-0.2, 0) is 9.59 Å². The standard InChI is InChI=1S/C16H25N3O4/c1-5-10(6-2)16(21)19-12-8-14(23-4)13(22-3)7-11(12)18-15(20)9-17/h7-8,10H,5-6,9,17H2,1-4H3,(H,18,20)(H,19,21). The first kappa shape index (κ1) is 18.8. The molecule has 0 unspecified atom stereocenters. The minimum atomic E-state index is -0.366. The number of nitrogens with one attached hydrogen (secondary N) is 2. The van der Waals surface area contributed by atoms with Gasteiger partial charge in [-0.25, -0.2) is 0 Å². The molecule has 128 valence electrons. The monoisotopic (exact) mass is 323 g/mol. The average Bonchev–Trinajstić information content (AvgIpc) is 2.56. The molecule has 0 fully saturated rings. The van der Waals surface area contributed by atoms with Gasteiger partial charge < -0.3 is 25.8 Å².